The third-order valence-electron chi connectivity index (χ3n) is 3.64. The van der Waals surface area contributed by atoms with Crippen molar-refractivity contribution in [3.05, 3.63) is 71.5 Å². The van der Waals surface area contributed by atoms with Crippen LogP contribution in [0.5, 0.6) is 0 Å². The highest BCUT2D eigenvalue weighted by Gasteiger charge is 2.10. The van der Waals surface area contributed by atoms with Crippen molar-refractivity contribution in [3.63, 3.8) is 0 Å². The average molecular weight is 277 g/mol. The molecule has 0 aliphatic rings. The molecule has 3 aromatic rings. The van der Waals surface area contributed by atoms with Gasteiger partial charge in [-0.1, -0.05) is 36.4 Å². The number of benzene rings is 2. The molecule has 0 radical (unpaired) electrons. The molecule has 2 N–H and O–H groups in total. The summed E-state index contributed by atoms with van der Waals surface area (Å²) in [5.41, 5.74) is 11.3. The van der Waals surface area contributed by atoms with Crippen LogP contribution in [-0.4, -0.2) is 9.55 Å². The van der Waals surface area contributed by atoms with Gasteiger partial charge in [0.25, 0.3) is 0 Å². The lowest BCUT2D eigenvalue weighted by atomic mass is 10.1. The second kappa shape index (κ2) is 5.44. The molecule has 0 spiro atoms. The van der Waals surface area contributed by atoms with Gasteiger partial charge < -0.3 is 10.3 Å². The van der Waals surface area contributed by atoms with Gasteiger partial charge in [-0.25, -0.2) is 4.98 Å². The van der Waals surface area contributed by atoms with Gasteiger partial charge >= 0.3 is 0 Å². The van der Waals surface area contributed by atoms with Crippen molar-refractivity contribution in [3.8, 4) is 11.4 Å². The number of rotatable bonds is 3. The molecule has 0 amide bonds. The number of hydrogen-bond acceptors (Lipinski definition) is 2. The summed E-state index contributed by atoms with van der Waals surface area (Å²) in [5.74, 6) is 0.961. The van der Waals surface area contributed by atoms with Crippen LogP contribution < -0.4 is 5.73 Å². The van der Waals surface area contributed by atoms with Crippen LogP contribution in [0.15, 0.2) is 54.7 Å². The smallest absolute Gasteiger partial charge is 0.140 e. The molecule has 21 heavy (non-hydrogen) atoms. The number of aromatic nitrogens is 2. The minimum absolute atomic E-state index is 0.760. The van der Waals surface area contributed by atoms with Crippen LogP contribution in [0.4, 0.5) is 5.69 Å². The summed E-state index contributed by atoms with van der Waals surface area (Å²) in [7, 11) is 0. The first kappa shape index (κ1) is 13.4. The van der Waals surface area contributed by atoms with E-state index in [2.05, 4.69) is 46.9 Å². The largest absolute Gasteiger partial charge is 0.399 e. The Kier molecular flexibility index (Phi) is 3.48. The SMILES string of the molecule is Cc1cn(Cc2ccccc2C)c(-c2cccc(N)c2)n1. The first-order chi connectivity index (χ1) is 10.1. The van der Waals surface area contributed by atoms with Crippen molar-refractivity contribution in [1.29, 1.82) is 0 Å². The Hall–Kier alpha value is -2.55. The Bertz CT molecular complexity index is 772. The van der Waals surface area contributed by atoms with Gasteiger partial charge in [0, 0.05) is 24.0 Å². The van der Waals surface area contributed by atoms with E-state index in [1.807, 2.05) is 31.2 Å². The normalized spacial score (nSPS) is 10.8. The molecule has 0 aliphatic heterocycles. The van der Waals surface area contributed by atoms with Gasteiger partial charge in [-0.15, -0.1) is 0 Å². The number of hydrogen-bond donors (Lipinski definition) is 1. The minimum Gasteiger partial charge on any atom is -0.399 e. The summed E-state index contributed by atoms with van der Waals surface area (Å²) < 4.78 is 2.19. The van der Waals surface area contributed by atoms with E-state index in [-0.39, 0.29) is 0 Å². The molecule has 0 unspecified atom stereocenters. The first-order valence-electron chi connectivity index (χ1n) is 7.07. The molecule has 0 fully saturated rings. The Morgan fingerprint density at radius 3 is 2.62 bits per heavy atom. The minimum atomic E-state index is 0.760. The zero-order chi connectivity index (χ0) is 14.8. The van der Waals surface area contributed by atoms with Crippen LogP contribution in [0, 0.1) is 13.8 Å². The summed E-state index contributed by atoms with van der Waals surface area (Å²) in [6, 6.07) is 16.3. The van der Waals surface area contributed by atoms with Crippen molar-refractivity contribution in [2.45, 2.75) is 20.4 Å². The van der Waals surface area contributed by atoms with Gasteiger partial charge in [-0.05, 0) is 37.1 Å². The highest BCUT2D eigenvalue weighted by Crippen LogP contribution is 2.22. The van der Waals surface area contributed by atoms with E-state index < -0.39 is 0 Å². The fourth-order valence-corrected chi connectivity index (χ4v) is 2.55. The lowest BCUT2D eigenvalue weighted by Crippen LogP contribution is -2.02. The van der Waals surface area contributed by atoms with E-state index in [9.17, 15) is 0 Å². The molecule has 2 aromatic carbocycles. The van der Waals surface area contributed by atoms with Gasteiger partial charge in [0.1, 0.15) is 5.82 Å². The Labute approximate surface area is 125 Å². The van der Waals surface area contributed by atoms with E-state index >= 15 is 0 Å². The van der Waals surface area contributed by atoms with Crippen molar-refractivity contribution >= 4 is 5.69 Å². The van der Waals surface area contributed by atoms with Crippen molar-refractivity contribution in [2.75, 3.05) is 5.73 Å². The predicted molar refractivity (Wildman–Crippen MR) is 87.1 cm³/mol. The summed E-state index contributed by atoms with van der Waals surface area (Å²) in [5, 5.41) is 0. The number of aryl methyl sites for hydroxylation is 2. The van der Waals surface area contributed by atoms with E-state index in [1.54, 1.807) is 0 Å². The molecule has 106 valence electrons. The highest BCUT2D eigenvalue weighted by molar-refractivity contribution is 5.62. The second-order valence-electron chi connectivity index (χ2n) is 5.39. The highest BCUT2D eigenvalue weighted by atomic mass is 15.1. The van der Waals surface area contributed by atoms with Gasteiger partial charge in [0.2, 0.25) is 0 Å². The summed E-state index contributed by atoms with van der Waals surface area (Å²) in [4.78, 5) is 4.66. The molecule has 3 rings (SSSR count). The van der Waals surface area contributed by atoms with Crippen LogP contribution in [0.25, 0.3) is 11.4 Å². The van der Waals surface area contributed by atoms with Crippen LogP contribution in [0.1, 0.15) is 16.8 Å². The predicted octanol–water partition coefficient (Wildman–Crippen LogP) is 3.80. The maximum absolute atomic E-state index is 5.89. The van der Waals surface area contributed by atoms with Crippen LogP contribution in [-0.2, 0) is 6.54 Å². The molecule has 0 saturated heterocycles. The molecule has 0 aliphatic carbocycles. The zero-order valence-electron chi connectivity index (χ0n) is 12.4. The number of nitrogens with zero attached hydrogens (tertiary/aromatic N) is 2. The van der Waals surface area contributed by atoms with Crippen molar-refractivity contribution in [1.82, 2.24) is 9.55 Å². The number of anilines is 1. The van der Waals surface area contributed by atoms with Gasteiger partial charge in [0.05, 0.1) is 5.69 Å². The zero-order valence-corrected chi connectivity index (χ0v) is 12.4. The number of imidazole rings is 1. The fraction of sp³-hybridized carbons (Fsp3) is 0.167. The monoisotopic (exact) mass is 277 g/mol. The van der Waals surface area contributed by atoms with E-state index in [0.717, 1.165) is 29.3 Å². The average Bonchev–Trinajstić information content (AvgIpc) is 2.82. The topological polar surface area (TPSA) is 43.8 Å². The molecule has 1 aromatic heterocycles. The van der Waals surface area contributed by atoms with E-state index in [4.69, 9.17) is 5.73 Å². The number of nitrogens with two attached hydrogens (primary N) is 1. The fourth-order valence-electron chi connectivity index (χ4n) is 2.55. The van der Waals surface area contributed by atoms with Gasteiger partial charge in [-0.2, -0.15) is 0 Å². The lowest BCUT2D eigenvalue weighted by Gasteiger charge is -2.10. The first-order valence-corrected chi connectivity index (χ1v) is 7.07. The Morgan fingerprint density at radius 1 is 1.05 bits per heavy atom. The van der Waals surface area contributed by atoms with E-state index in [1.165, 1.54) is 11.1 Å². The van der Waals surface area contributed by atoms with Gasteiger partial charge in [-0.3, -0.25) is 0 Å². The summed E-state index contributed by atoms with van der Waals surface area (Å²) >= 11 is 0. The molecule has 3 heteroatoms. The van der Waals surface area contributed by atoms with E-state index in [0.29, 0.717) is 0 Å². The molecule has 1 heterocycles. The van der Waals surface area contributed by atoms with Crippen LogP contribution >= 0.6 is 0 Å². The second-order valence-corrected chi connectivity index (χ2v) is 5.39. The Balaban J connectivity index is 2.02. The third kappa shape index (κ3) is 2.82. The quantitative estimate of drug-likeness (QED) is 0.740. The Morgan fingerprint density at radius 2 is 1.86 bits per heavy atom. The molecule has 0 atom stereocenters. The molecule has 0 saturated carbocycles. The third-order valence-corrected chi connectivity index (χ3v) is 3.64. The molecular weight excluding hydrogens is 258 g/mol. The summed E-state index contributed by atoms with van der Waals surface area (Å²) in [6.07, 6.45) is 2.09. The van der Waals surface area contributed by atoms with Crippen LogP contribution in [0.2, 0.25) is 0 Å². The standard InChI is InChI=1S/C18H19N3/c1-13-6-3-4-7-16(13)12-21-11-14(2)20-18(21)15-8-5-9-17(19)10-15/h3-11H,12,19H2,1-2H3. The number of nitrogen functional groups attached to an aromatic ring is 1. The molecular formula is C18H19N3. The lowest BCUT2D eigenvalue weighted by molar-refractivity contribution is 0.801. The van der Waals surface area contributed by atoms with Gasteiger partial charge in [0.15, 0.2) is 0 Å². The summed E-state index contributed by atoms with van der Waals surface area (Å²) in [6.45, 7) is 4.97. The van der Waals surface area contributed by atoms with Crippen LogP contribution in [0.3, 0.4) is 0 Å². The molecule has 0 bridgehead atoms. The van der Waals surface area contributed by atoms with Crippen molar-refractivity contribution < 1.29 is 0 Å². The maximum atomic E-state index is 5.89. The maximum Gasteiger partial charge on any atom is 0.140 e. The van der Waals surface area contributed by atoms with Crippen molar-refractivity contribution in [2.24, 2.45) is 0 Å². The molecule has 3 nitrogen and oxygen atoms in total.